The minimum Gasteiger partial charge on any atom is -0.497 e. The number of rotatable bonds is 5. The molecule has 0 bridgehead atoms. The van der Waals surface area contributed by atoms with E-state index in [0.717, 1.165) is 18.8 Å². The Morgan fingerprint density at radius 1 is 1.33 bits per heavy atom. The average Bonchev–Trinajstić information content (AvgIpc) is 2.17. The van der Waals surface area contributed by atoms with E-state index in [1.807, 2.05) is 19.1 Å². The summed E-state index contributed by atoms with van der Waals surface area (Å²) in [6.45, 7) is 3.82. The van der Waals surface area contributed by atoms with Gasteiger partial charge in [0.25, 0.3) is 0 Å². The predicted octanol–water partition coefficient (Wildman–Crippen LogP) is 2.75. The number of hydrogen-bond acceptors (Lipinski definition) is 2. The number of methoxy groups -OCH3 is 1. The molecule has 0 fully saturated rings. The fraction of sp³-hybridized carbons (Fsp3) is 0.500. The van der Waals surface area contributed by atoms with E-state index in [4.69, 9.17) is 16.3 Å². The molecule has 2 nitrogen and oxygen atoms in total. The van der Waals surface area contributed by atoms with Gasteiger partial charge in [0.05, 0.1) is 7.11 Å². The van der Waals surface area contributed by atoms with Gasteiger partial charge in [-0.2, -0.15) is 0 Å². The van der Waals surface area contributed by atoms with Gasteiger partial charge in [0.15, 0.2) is 0 Å². The van der Waals surface area contributed by atoms with Gasteiger partial charge in [0.1, 0.15) is 5.75 Å². The van der Waals surface area contributed by atoms with E-state index in [1.54, 1.807) is 7.11 Å². The summed E-state index contributed by atoms with van der Waals surface area (Å²) >= 11 is 5.92. The SMILES string of the molecule is COc1ccc(CN(C)CC(C)Cl)cc1. The lowest BCUT2D eigenvalue weighted by Gasteiger charge is -2.17. The number of hydrogen-bond donors (Lipinski definition) is 0. The Morgan fingerprint density at radius 2 is 1.93 bits per heavy atom. The van der Waals surface area contributed by atoms with Crippen molar-refractivity contribution in [2.45, 2.75) is 18.8 Å². The molecule has 1 rings (SSSR count). The summed E-state index contributed by atoms with van der Waals surface area (Å²) < 4.78 is 5.10. The molecule has 3 heteroatoms. The Morgan fingerprint density at radius 3 is 2.40 bits per heavy atom. The van der Waals surface area contributed by atoms with Crippen LogP contribution in [0.3, 0.4) is 0 Å². The van der Waals surface area contributed by atoms with Crippen molar-refractivity contribution in [2.24, 2.45) is 0 Å². The van der Waals surface area contributed by atoms with Crippen LogP contribution in [0.5, 0.6) is 5.75 Å². The van der Waals surface area contributed by atoms with Crippen LogP contribution in [0.25, 0.3) is 0 Å². The van der Waals surface area contributed by atoms with Crippen LogP contribution in [0.2, 0.25) is 0 Å². The van der Waals surface area contributed by atoms with Crippen LogP contribution >= 0.6 is 11.6 Å². The van der Waals surface area contributed by atoms with Gasteiger partial charge < -0.3 is 9.64 Å². The Kier molecular flexibility index (Phi) is 4.92. The van der Waals surface area contributed by atoms with Crippen molar-refractivity contribution in [1.29, 1.82) is 0 Å². The smallest absolute Gasteiger partial charge is 0.118 e. The van der Waals surface area contributed by atoms with E-state index < -0.39 is 0 Å². The van der Waals surface area contributed by atoms with Gasteiger partial charge >= 0.3 is 0 Å². The van der Waals surface area contributed by atoms with Crippen molar-refractivity contribution in [1.82, 2.24) is 4.90 Å². The van der Waals surface area contributed by atoms with Crippen LogP contribution < -0.4 is 4.74 Å². The maximum absolute atomic E-state index is 5.92. The molecular weight excluding hydrogens is 210 g/mol. The molecule has 0 saturated heterocycles. The highest BCUT2D eigenvalue weighted by Crippen LogP contribution is 2.12. The molecule has 0 N–H and O–H groups in total. The van der Waals surface area contributed by atoms with Gasteiger partial charge in [-0.15, -0.1) is 11.6 Å². The van der Waals surface area contributed by atoms with Gasteiger partial charge in [-0.05, 0) is 31.7 Å². The van der Waals surface area contributed by atoms with Crippen LogP contribution in [-0.4, -0.2) is 31.0 Å². The first-order valence-corrected chi connectivity index (χ1v) is 5.51. The third-order valence-electron chi connectivity index (χ3n) is 2.17. The molecule has 0 aliphatic rings. The molecule has 0 saturated carbocycles. The second-order valence-corrected chi connectivity index (χ2v) is 4.57. The standard InChI is InChI=1S/C12H18ClNO/c1-10(13)8-14(2)9-11-4-6-12(15-3)7-5-11/h4-7,10H,8-9H2,1-3H3. The van der Waals surface area contributed by atoms with Crippen molar-refractivity contribution >= 4 is 11.6 Å². The number of halogens is 1. The van der Waals surface area contributed by atoms with E-state index in [0.29, 0.717) is 0 Å². The highest BCUT2D eigenvalue weighted by molar-refractivity contribution is 6.20. The van der Waals surface area contributed by atoms with Gasteiger partial charge in [-0.1, -0.05) is 12.1 Å². The van der Waals surface area contributed by atoms with Gasteiger partial charge in [0, 0.05) is 18.5 Å². The first-order chi connectivity index (χ1) is 7.11. The third-order valence-corrected chi connectivity index (χ3v) is 2.31. The molecule has 1 unspecified atom stereocenters. The fourth-order valence-electron chi connectivity index (χ4n) is 1.54. The Labute approximate surface area is 96.8 Å². The van der Waals surface area contributed by atoms with E-state index in [1.165, 1.54) is 5.56 Å². The van der Waals surface area contributed by atoms with Crippen LogP contribution in [0.4, 0.5) is 0 Å². The molecule has 0 aliphatic heterocycles. The van der Waals surface area contributed by atoms with Crippen molar-refractivity contribution in [3.8, 4) is 5.75 Å². The van der Waals surface area contributed by atoms with Crippen LogP contribution in [0.1, 0.15) is 12.5 Å². The molecule has 0 heterocycles. The zero-order chi connectivity index (χ0) is 11.3. The lowest BCUT2D eigenvalue weighted by Crippen LogP contribution is -2.24. The summed E-state index contributed by atoms with van der Waals surface area (Å²) in [5, 5.41) is 0.188. The molecule has 15 heavy (non-hydrogen) atoms. The Bertz CT molecular complexity index is 284. The summed E-state index contributed by atoms with van der Waals surface area (Å²) in [5.41, 5.74) is 1.27. The van der Waals surface area contributed by atoms with E-state index in [2.05, 4.69) is 24.1 Å². The van der Waals surface area contributed by atoms with Crippen LogP contribution in [-0.2, 0) is 6.54 Å². The molecule has 1 aromatic rings. The molecule has 0 amide bonds. The van der Waals surface area contributed by atoms with Gasteiger partial charge in [0.2, 0.25) is 0 Å². The largest absolute Gasteiger partial charge is 0.497 e. The van der Waals surface area contributed by atoms with Crippen molar-refractivity contribution in [2.75, 3.05) is 20.7 Å². The van der Waals surface area contributed by atoms with Crippen molar-refractivity contribution in [3.05, 3.63) is 29.8 Å². The number of ether oxygens (including phenoxy) is 1. The summed E-state index contributed by atoms with van der Waals surface area (Å²) in [5.74, 6) is 0.895. The molecule has 84 valence electrons. The average molecular weight is 228 g/mol. The predicted molar refractivity (Wildman–Crippen MR) is 64.6 cm³/mol. The van der Waals surface area contributed by atoms with E-state index in [9.17, 15) is 0 Å². The molecule has 0 spiro atoms. The summed E-state index contributed by atoms with van der Waals surface area (Å²) in [7, 11) is 3.75. The second kappa shape index (κ2) is 5.99. The topological polar surface area (TPSA) is 12.5 Å². The van der Waals surface area contributed by atoms with E-state index >= 15 is 0 Å². The minimum absolute atomic E-state index is 0.188. The Balaban J connectivity index is 2.49. The quantitative estimate of drug-likeness (QED) is 0.718. The Hall–Kier alpha value is -0.730. The second-order valence-electron chi connectivity index (χ2n) is 3.83. The fourth-order valence-corrected chi connectivity index (χ4v) is 1.77. The van der Waals surface area contributed by atoms with Gasteiger partial charge in [-0.3, -0.25) is 0 Å². The van der Waals surface area contributed by atoms with Crippen LogP contribution in [0.15, 0.2) is 24.3 Å². The maximum atomic E-state index is 5.92. The highest BCUT2D eigenvalue weighted by atomic mass is 35.5. The molecular formula is C12H18ClNO. The van der Waals surface area contributed by atoms with Crippen molar-refractivity contribution in [3.63, 3.8) is 0 Å². The minimum atomic E-state index is 0.188. The normalized spacial score (nSPS) is 12.9. The zero-order valence-corrected chi connectivity index (χ0v) is 10.3. The molecule has 1 aromatic carbocycles. The molecule has 0 aromatic heterocycles. The van der Waals surface area contributed by atoms with Gasteiger partial charge in [-0.25, -0.2) is 0 Å². The molecule has 0 radical (unpaired) electrons. The monoisotopic (exact) mass is 227 g/mol. The number of nitrogens with zero attached hydrogens (tertiary/aromatic N) is 1. The molecule has 1 atom stereocenters. The van der Waals surface area contributed by atoms with E-state index in [-0.39, 0.29) is 5.38 Å². The summed E-state index contributed by atoms with van der Waals surface area (Å²) in [6, 6.07) is 8.11. The summed E-state index contributed by atoms with van der Waals surface area (Å²) in [4.78, 5) is 2.21. The number of alkyl halides is 1. The maximum Gasteiger partial charge on any atom is 0.118 e. The number of benzene rings is 1. The first-order valence-electron chi connectivity index (χ1n) is 5.07. The zero-order valence-electron chi connectivity index (χ0n) is 9.53. The highest BCUT2D eigenvalue weighted by Gasteiger charge is 2.03. The van der Waals surface area contributed by atoms with Crippen molar-refractivity contribution < 1.29 is 4.74 Å². The lowest BCUT2D eigenvalue weighted by atomic mass is 10.2. The van der Waals surface area contributed by atoms with Crippen LogP contribution in [0, 0.1) is 0 Å². The molecule has 0 aliphatic carbocycles. The summed E-state index contributed by atoms with van der Waals surface area (Å²) in [6.07, 6.45) is 0. The lowest BCUT2D eigenvalue weighted by molar-refractivity contribution is 0.329. The third kappa shape index (κ3) is 4.54. The first kappa shape index (κ1) is 12.3.